The van der Waals surface area contributed by atoms with Crippen molar-refractivity contribution in [2.75, 3.05) is 13.3 Å². The maximum absolute atomic E-state index is 13.8. The highest BCUT2D eigenvalue weighted by molar-refractivity contribution is 6.00. The monoisotopic (exact) mass is 998 g/mol. The molecule has 0 spiro atoms. The summed E-state index contributed by atoms with van der Waals surface area (Å²) in [5, 5.41) is 8.49. The molecule has 5 aromatic rings. The number of nitrogens with one attached hydrogen (secondary N) is 3. The number of amides is 4. The molecular weight excluding hydrogens is 942 g/mol. The molecule has 4 amide bonds. The fraction of sp³-hybridized carbons (Fsp3) is 0.340. The van der Waals surface area contributed by atoms with Crippen molar-refractivity contribution in [1.29, 1.82) is 0 Å². The van der Waals surface area contributed by atoms with Crippen LogP contribution in [-0.4, -0.2) is 72.5 Å². The Labute approximate surface area is 414 Å². The molecule has 0 bridgehead atoms. The third-order valence-electron chi connectivity index (χ3n) is 11.3. The van der Waals surface area contributed by atoms with Gasteiger partial charge in [0.1, 0.15) is 30.8 Å². The van der Waals surface area contributed by atoms with E-state index in [0.29, 0.717) is 22.6 Å². The van der Waals surface area contributed by atoms with Crippen LogP contribution in [0.3, 0.4) is 0 Å². The summed E-state index contributed by atoms with van der Waals surface area (Å²) in [6.07, 6.45) is -2.39. The van der Waals surface area contributed by atoms with E-state index in [9.17, 15) is 46.7 Å². The Bertz CT molecular complexity index is 2640. The van der Waals surface area contributed by atoms with Gasteiger partial charge in [-0.1, -0.05) is 99.8 Å². The fourth-order valence-corrected chi connectivity index (χ4v) is 7.54. The average Bonchev–Trinajstić information content (AvgIpc) is 3.88. The van der Waals surface area contributed by atoms with Gasteiger partial charge in [-0.25, -0.2) is 9.59 Å². The van der Waals surface area contributed by atoms with E-state index >= 15 is 0 Å². The maximum Gasteiger partial charge on any atom is 0.416 e. The number of aryl methyl sites for hydroxylation is 1. The molecule has 0 radical (unpaired) electrons. The standard InChI is InChI=1S/C53H57F3N4O12/c1-5-8-11-20-40(43(6-2)60(33-61)72-51(66)39-24-22-38(27-34(39)4)53(54,55)56)48(63)57-32-58-50(65)45-26-25-44(71-45)37-21-23-41(46(28-37)68-7-3)49(64)59-42(52(67)70-31-36-18-14-10-15-19-36)29-47(62)69-30-35-16-12-9-13-17-35/h9-10,12-19,21-28,33,40,42-43H,5-8,11,20,29-32H2,1-4H3,(H,57,63)(H,58,65)(H,59,64)/t40-,42+,43-/m1/s1. The van der Waals surface area contributed by atoms with Crippen LogP contribution in [0.1, 0.15) is 113 Å². The first kappa shape index (κ1) is 55.0. The van der Waals surface area contributed by atoms with Crippen LogP contribution in [-0.2, 0) is 52.9 Å². The second kappa shape index (κ2) is 26.9. The molecule has 0 aliphatic rings. The van der Waals surface area contributed by atoms with E-state index in [1.165, 1.54) is 37.3 Å². The number of unbranched alkanes of at least 4 members (excludes halogenated alkanes) is 2. The molecule has 0 saturated heterocycles. The van der Waals surface area contributed by atoms with Gasteiger partial charge in [-0.2, -0.15) is 18.2 Å². The number of carbonyl (C=O) groups is 7. The topological polar surface area (TPSA) is 209 Å². The summed E-state index contributed by atoms with van der Waals surface area (Å²) in [6, 6.07) is 25.2. The molecule has 382 valence electrons. The lowest BCUT2D eigenvalue weighted by Crippen LogP contribution is -2.49. The highest BCUT2D eigenvalue weighted by Gasteiger charge is 2.35. The Hall–Kier alpha value is -7.96. The number of halogens is 3. The molecule has 3 N–H and O–H groups in total. The van der Waals surface area contributed by atoms with Crippen molar-refractivity contribution in [3.63, 3.8) is 0 Å². The number of esters is 2. The Balaban J connectivity index is 1.23. The van der Waals surface area contributed by atoms with Crippen LogP contribution in [0.5, 0.6) is 5.75 Å². The van der Waals surface area contributed by atoms with Crippen LogP contribution < -0.4 is 20.7 Å². The van der Waals surface area contributed by atoms with Gasteiger partial charge in [-0.15, -0.1) is 0 Å². The van der Waals surface area contributed by atoms with Gasteiger partial charge in [-0.3, -0.25) is 24.0 Å². The van der Waals surface area contributed by atoms with Crippen molar-refractivity contribution >= 4 is 42.0 Å². The minimum absolute atomic E-state index is 0.0151. The van der Waals surface area contributed by atoms with Crippen LogP contribution in [0.25, 0.3) is 11.3 Å². The normalized spacial score (nSPS) is 12.3. The van der Waals surface area contributed by atoms with Gasteiger partial charge in [0.15, 0.2) is 5.76 Å². The minimum Gasteiger partial charge on any atom is -0.493 e. The SMILES string of the molecule is CCCCC[C@@H](C(=O)NCNC(=O)c1ccc(-c2ccc(C(=O)N[C@@H](CC(=O)OCc3ccccc3)C(=O)OCc3ccccc3)c(OCC)c2)o1)[C@@H](CC)N(C=O)OC(=O)c1ccc(C(F)(F)F)cc1C. The molecule has 5 rings (SSSR count). The lowest BCUT2D eigenvalue weighted by Gasteiger charge is -2.32. The molecular formula is C53H57F3N4O12. The predicted octanol–water partition coefficient (Wildman–Crippen LogP) is 8.66. The molecule has 72 heavy (non-hydrogen) atoms. The summed E-state index contributed by atoms with van der Waals surface area (Å²) in [4.78, 5) is 97.9. The first-order valence-corrected chi connectivity index (χ1v) is 23.3. The van der Waals surface area contributed by atoms with Crippen molar-refractivity contribution in [2.24, 2.45) is 5.92 Å². The lowest BCUT2D eigenvalue weighted by molar-refractivity contribution is -0.171. The van der Waals surface area contributed by atoms with Crippen molar-refractivity contribution in [1.82, 2.24) is 21.0 Å². The number of carbonyl (C=O) groups excluding carboxylic acids is 7. The molecule has 1 heterocycles. The molecule has 0 saturated carbocycles. The lowest BCUT2D eigenvalue weighted by atomic mass is 9.90. The summed E-state index contributed by atoms with van der Waals surface area (Å²) >= 11 is 0. The van der Waals surface area contributed by atoms with E-state index in [4.69, 9.17) is 23.5 Å². The molecule has 0 aliphatic carbocycles. The Kier molecular flexibility index (Phi) is 20.5. The Morgan fingerprint density at radius 2 is 1.43 bits per heavy atom. The minimum atomic E-state index is -4.64. The van der Waals surface area contributed by atoms with Gasteiger partial charge < -0.3 is 39.4 Å². The molecule has 1 aromatic heterocycles. The molecule has 16 nitrogen and oxygen atoms in total. The van der Waals surface area contributed by atoms with E-state index in [-0.39, 0.29) is 79.7 Å². The average molecular weight is 999 g/mol. The zero-order valence-electron chi connectivity index (χ0n) is 40.3. The summed E-state index contributed by atoms with van der Waals surface area (Å²) in [5.41, 5.74) is 0.654. The molecule has 3 atom stereocenters. The smallest absolute Gasteiger partial charge is 0.416 e. The summed E-state index contributed by atoms with van der Waals surface area (Å²) in [6.45, 7) is 6.24. The largest absolute Gasteiger partial charge is 0.493 e. The zero-order chi connectivity index (χ0) is 52.2. The summed E-state index contributed by atoms with van der Waals surface area (Å²) < 4.78 is 62.3. The van der Waals surface area contributed by atoms with Crippen molar-refractivity contribution in [3.05, 3.63) is 148 Å². The molecule has 4 aromatic carbocycles. The highest BCUT2D eigenvalue weighted by atomic mass is 19.4. The first-order chi connectivity index (χ1) is 34.6. The number of hydrogen-bond donors (Lipinski definition) is 3. The van der Waals surface area contributed by atoms with Crippen LogP contribution in [0.4, 0.5) is 13.2 Å². The second-order valence-corrected chi connectivity index (χ2v) is 16.5. The molecule has 19 heteroatoms. The molecule has 0 unspecified atom stereocenters. The van der Waals surface area contributed by atoms with E-state index in [1.807, 2.05) is 13.0 Å². The number of alkyl halides is 3. The van der Waals surface area contributed by atoms with Crippen LogP contribution >= 0.6 is 0 Å². The number of furan rings is 1. The van der Waals surface area contributed by atoms with Crippen LogP contribution in [0.15, 0.2) is 114 Å². The number of rotatable bonds is 26. The van der Waals surface area contributed by atoms with Gasteiger partial charge in [-0.05, 0) is 85.8 Å². The summed E-state index contributed by atoms with van der Waals surface area (Å²) in [5.74, 6) is -5.50. The number of hydroxylamine groups is 2. The van der Waals surface area contributed by atoms with E-state index in [0.717, 1.165) is 36.6 Å². The van der Waals surface area contributed by atoms with E-state index in [2.05, 4.69) is 16.0 Å². The summed E-state index contributed by atoms with van der Waals surface area (Å²) in [7, 11) is 0. The van der Waals surface area contributed by atoms with Gasteiger partial charge in [0, 0.05) is 5.56 Å². The number of nitrogens with zero attached hydrogens (tertiary/aromatic N) is 1. The van der Waals surface area contributed by atoms with Crippen molar-refractivity contribution in [3.8, 4) is 17.1 Å². The first-order valence-electron chi connectivity index (χ1n) is 23.3. The third kappa shape index (κ3) is 15.8. The third-order valence-corrected chi connectivity index (χ3v) is 11.3. The van der Waals surface area contributed by atoms with E-state index in [1.54, 1.807) is 68.4 Å². The predicted molar refractivity (Wildman–Crippen MR) is 255 cm³/mol. The fourth-order valence-electron chi connectivity index (χ4n) is 7.54. The number of ether oxygens (including phenoxy) is 3. The van der Waals surface area contributed by atoms with Crippen molar-refractivity contribution in [2.45, 2.75) is 97.7 Å². The van der Waals surface area contributed by atoms with Gasteiger partial charge in [0.25, 0.3) is 11.8 Å². The Morgan fingerprint density at radius 3 is 2.04 bits per heavy atom. The number of hydrogen-bond acceptors (Lipinski definition) is 12. The van der Waals surface area contributed by atoms with Crippen LogP contribution in [0.2, 0.25) is 0 Å². The molecule has 0 aliphatic heterocycles. The van der Waals surface area contributed by atoms with Gasteiger partial charge in [0.05, 0.1) is 48.3 Å². The Morgan fingerprint density at radius 1 is 0.764 bits per heavy atom. The van der Waals surface area contributed by atoms with E-state index < -0.39 is 71.8 Å². The highest BCUT2D eigenvalue weighted by Crippen LogP contribution is 2.32. The zero-order valence-corrected chi connectivity index (χ0v) is 40.3. The van der Waals surface area contributed by atoms with Crippen molar-refractivity contribution < 1.29 is 70.2 Å². The molecule has 0 fully saturated rings. The number of benzene rings is 4. The van der Waals surface area contributed by atoms with Gasteiger partial charge in [0.2, 0.25) is 12.3 Å². The quantitative estimate of drug-likeness (QED) is 0.0156. The van der Waals surface area contributed by atoms with Gasteiger partial charge >= 0.3 is 24.1 Å². The van der Waals surface area contributed by atoms with Crippen LogP contribution in [0, 0.1) is 12.8 Å². The second-order valence-electron chi connectivity index (χ2n) is 16.5. The maximum atomic E-state index is 13.8.